The molecule has 0 aromatic heterocycles. The van der Waals surface area contributed by atoms with E-state index in [1.54, 1.807) is 0 Å². The van der Waals surface area contributed by atoms with Crippen LogP contribution in [0, 0.1) is 0 Å². The molecule has 1 saturated heterocycles. The summed E-state index contributed by atoms with van der Waals surface area (Å²) >= 11 is 0. The van der Waals surface area contributed by atoms with E-state index in [0.717, 1.165) is 42.2 Å². The highest BCUT2D eigenvalue weighted by molar-refractivity contribution is 5.78. The van der Waals surface area contributed by atoms with Crippen LogP contribution >= 0.6 is 0 Å². The molecule has 0 saturated carbocycles. The maximum Gasteiger partial charge on any atom is 0.249 e. The summed E-state index contributed by atoms with van der Waals surface area (Å²) in [5.74, 6) is 2.35. The van der Waals surface area contributed by atoms with Gasteiger partial charge in [0.1, 0.15) is 32.2 Å². The van der Waals surface area contributed by atoms with Gasteiger partial charge in [0.2, 0.25) is 5.91 Å². The van der Waals surface area contributed by atoms with Crippen LogP contribution in [0.4, 0.5) is 0 Å². The first-order valence-corrected chi connectivity index (χ1v) is 9.76. The van der Waals surface area contributed by atoms with Gasteiger partial charge in [0.25, 0.3) is 0 Å². The van der Waals surface area contributed by atoms with E-state index < -0.39 is 0 Å². The Hall–Kier alpha value is -2.73. The first kappa shape index (κ1) is 18.6. The molecule has 1 amide bonds. The molecule has 1 fully saturated rings. The minimum atomic E-state index is 0.0112. The Morgan fingerprint density at radius 2 is 1.86 bits per heavy atom. The van der Waals surface area contributed by atoms with Gasteiger partial charge in [-0.1, -0.05) is 24.3 Å². The molecule has 2 aliphatic rings. The average molecular weight is 383 g/mol. The van der Waals surface area contributed by atoms with Gasteiger partial charge in [-0.3, -0.25) is 4.79 Å². The van der Waals surface area contributed by atoms with Crippen molar-refractivity contribution in [2.24, 2.45) is 0 Å². The summed E-state index contributed by atoms with van der Waals surface area (Å²) < 4.78 is 22.4. The maximum absolute atomic E-state index is 12.7. The molecule has 1 unspecified atom stereocenters. The number of likely N-dealkylation sites (tertiary alicyclic amines) is 1. The zero-order valence-electron chi connectivity index (χ0n) is 15.8. The van der Waals surface area contributed by atoms with E-state index in [1.165, 1.54) is 0 Å². The van der Waals surface area contributed by atoms with Gasteiger partial charge in [0.15, 0.2) is 11.5 Å². The number of hydrogen-bond donors (Lipinski definition) is 0. The Labute approximate surface area is 165 Å². The van der Waals surface area contributed by atoms with Crippen molar-refractivity contribution < 1.29 is 23.7 Å². The van der Waals surface area contributed by atoms with Gasteiger partial charge in [0.05, 0.1) is 12.6 Å². The second kappa shape index (κ2) is 8.97. The Kier molecular flexibility index (Phi) is 5.97. The van der Waals surface area contributed by atoms with Crippen LogP contribution in [0.1, 0.15) is 24.4 Å². The van der Waals surface area contributed by atoms with Gasteiger partial charge in [0, 0.05) is 6.54 Å². The predicted octanol–water partition coefficient (Wildman–Crippen LogP) is 3.22. The zero-order valence-corrected chi connectivity index (χ0v) is 15.8. The van der Waals surface area contributed by atoms with Crippen LogP contribution in [0.15, 0.2) is 48.5 Å². The lowest BCUT2D eigenvalue weighted by Crippen LogP contribution is -2.34. The largest absolute Gasteiger partial charge is 0.491 e. The lowest BCUT2D eigenvalue weighted by molar-refractivity contribution is -0.137. The van der Waals surface area contributed by atoms with E-state index in [4.69, 9.17) is 18.9 Å². The quantitative estimate of drug-likeness (QED) is 0.687. The van der Waals surface area contributed by atoms with Crippen molar-refractivity contribution in [3.63, 3.8) is 0 Å². The van der Waals surface area contributed by atoms with Crippen molar-refractivity contribution in [2.75, 3.05) is 39.6 Å². The van der Waals surface area contributed by atoms with Crippen LogP contribution in [-0.2, 0) is 9.53 Å². The van der Waals surface area contributed by atoms with Crippen LogP contribution < -0.4 is 14.2 Å². The number of ether oxygens (including phenoxy) is 4. The first-order chi connectivity index (χ1) is 13.8. The van der Waals surface area contributed by atoms with E-state index in [9.17, 15) is 4.79 Å². The summed E-state index contributed by atoms with van der Waals surface area (Å²) in [5, 5.41) is 0. The van der Waals surface area contributed by atoms with Crippen molar-refractivity contribution in [1.82, 2.24) is 4.90 Å². The maximum atomic E-state index is 12.7. The van der Waals surface area contributed by atoms with Crippen LogP contribution in [0.25, 0.3) is 0 Å². The summed E-state index contributed by atoms with van der Waals surface area (Å²) in [6.45, 7) is 2.75. The highest BCUT2D eigenvalue weighted by Crippen LogP contribution is 2.38. The first-order valence-electron chi connectivity index (χ1n) is 9.76. The Morgan fingerprint density at radius 3 is 2.71 bits per heavy atom. The monoisotopic (exact) mass is 383 g/mol. The van der Waals surface area contributed by atoms with Crippen molar-refractivity contribution >= 4 is 5.91 Å². The van der Waals surface area contributed by atoms with E-state index in [0.29, 0.717) is 26.4 Å². The van der Waals surface area contributed by atoms with E-state index in [1.807, 2.05) is 53.4 Å². The number of carbonyl (C=O) groups is 1. The summed E-state index contributed by atoms with van der Waals surface area (Å²) in [7, 11) is 0. The minimum absolute atomic E-state index is 0.0112. The standard InChI is InChI=1S/C22H25NO5/c24-22(16-25-11-12-26-18-5-2-1-3-6-18)23-10-4-7-19(23)17-8-9-20-21(15-17)28-14-13-27-20/h1-3,5-6,8-9,15,19H,4,7,10-14,16H2. The molecule has 148 valence electrons. The Bertz CT molecular complexity index is 795. The predicted molar refractivity (Wildman–Crippen MR) is 104 cm³/mol. The third-order valence-electron chi connectivity index (χ3n) is 4.99. The molecule has 0 N–H and O–H groups in total. The smallest absolute Gasteiger partial charge is 0.249 e. The SMILES string of the molecule is O=C(COCCOc1ccccc1)N1CCCC1c1ccc2c(c1)OCCO2. The molecule has 2 aromatic rings. The van der Waals surface area contributed by atoms with Gasteiger partial charge >= 0.3 is 0 Å². The summed E-state index contributed by atoms with van der Waals surface area (Å²) in [4.78, 5) is 14.6. The van der Waals surface area contributed by atoms with Gasteiger partial charge in [-0.2, -0.15) is 0 Å². The second-order valence-electron chi connectivity index (χ2n) is 6.86. The minimum Gasteiger partial charge on any atom is -0.491 e. The third-order valence-corrected chi connectivity index (χ3v) is 4.99. The van der Waals surface area contributed by atoms with E-state index >= 15 is 0 Å². The topological polar surface area (TPSA) is 57.2 Å². The van der Waals surface area contributed by atoms with Crippen molar-refractivity contribution in [3.05, 3.63) is 54.1 Å². The molecule has 2 aliphatic heterocycles. The molecular weight excluding hydrogens is 358 g/mol. The molecule has 0 spiro atoms. The highest BCUT2D eigenvalue weighted by atomic mass is 16.6. The van der Waals surface area contributed by atoms with Crippen molar-refractivity contribution in [2.45, 2.75) is 18.9 Å². The molecule has 0 bridgehead atoms. The lowest BCUT2D eigenvalue weighted by Gasteiger charge is -2.26. The molecule has 6 heteroatoms. The highest BCUT2D eigenvalue weighted by Gasteiger charge is 2.30. The summed E-state index contributed by atoms with van der Waals surface area (Å²) in [6.07, 6.45) is 1.93. The Balaban J connectivity index is 1.27. The fraction of sp³-hybridized carbons (Fsp3) is 0.409. The van der Waals surface area contributed by atoms with Gasteiger partial charge < -0.3 is 23.8 Å². The van der Waals surface area contributed by atoms with Crippen LogP contribution in [-0.4, -0.2) is 50.4 Å². The molecule has 0 radical (unpaired) electrons. The number of amides is 1. The molecule has 28 heavy (non-hydrogen) atoms. The Morgan fingerprint density at radius 1 is 1.04 bits per heavy atom. The van der Waals surface area contributed by atoms with Crippen LogP contribution in [0.5, 0.6) is 17.2 Å². The second-order valence-corrected chi connectivity index (χ2v) is 6.86. The van der Waals surface area contributed by atoms with Crippen LogP contribution in [0.3, 0.4) is 0 Å². The molecule has 2 heterocycles. The number of nitrogens with zero attached hydrogens (tertiary/aromatic N) is 1. The van der Waals surface area contributed by atoms with Gasteiger partial charge in [-0.05, 0) is 42.7 Å². The lowest BCUT2D eigenvalue weighted by atomic mass is 10.0. The van der Waals surface area contributed by atoms with E-state index in [-0.39, 0.29) is 18.6 Å². The number of hydrogen-bond acceptors (Lipinski definition) is 5. The van der Waals surface area contributed by atoms with Crippen LogP contribution in [0.2, 0.25) is 0 Å². The van der Waals surface area contributed by atoms with Crippen molar-refractivity contribution in [3.8, 4) is 17.2 Å². The molecule has 1 atom stereocenters. The molecular formula is C22H25NO5. The number of rotatable bonds is 7. The number of para-hydroxylation sites is 1. The molecule has 0 aliphatic carbocycles. The summed E-state index contributed by atoms with van der Waals surface area (Å²) in [5.41, 5.74) is 1.09. The van der Waals surface area contributed by atoms with Gasteiger partial charge in [-0.15, -0.1) is 0 Å². The normalized spacial score (nSPS) is 18.1. The molecule has 6 nitrogen and oxygen atoms in total. The van der Waals surface area contributed by atoms with E-state index in [2.05, 4.69) is 0 Å². The average Bonchev–Trinajstić information content (AvgIpc) is 3.24. The number of carbonyl (C=O) groups excluding carboxylic acids is 1. The van der Waals surface area contributed by atoms with Crippen molar-refractivity contribution in [1.29, 1.82) is 0 Å². The molecule has 2 aromatic carbocycles. The number of fused-ring (bicyclic) bond motifs is 1. The zero-order chi connectivity index (χ0) is 19.2. The third kappa shape index (κ3) is 4.39. The summed E-state index contributed by atoms with van der Waals surface area (Å²) in [6, 6.07) is 15.6. The fourth-order valence-electron chi connectivity index (χ4n) is 3.66. The fourth-order valence-corrected chi connectivity index (χ4v) is 3.66. The van der Waals surface area contributed by atoms with Gasteiger partial charge in [-0.25, -0.2) is 0 Å². The number of benzene rings is 2. The molecule has 4 rings (SSSR count).